The third kappa shape index (κ3) is 3.23. The van der Waals surface area contributed by atoms with E-state index < -0.39 is 5.82 Å². The van der Waals surface area contributed by atoms with E-state index in [0.717, 1.165) is 19.4 Å². The van der Waals surface area contributed by atoms with E-state index in [9.17, 15) is 9.18 Å². The van der Waals surface area contributed by atoms with Crippen molar-refractivity contribution in [2.24, 2.45) is 5.92 Å². The van der Waals surface area contributed by atoms with Crippen molar-refractivity contribution in [1.29, 1.82) is 0 Å². The van der Waals surface area contributed by atoms with Crippen molar-refractivity contribution in [3.63, 3.8) is 0 Å². The first-order valence-electron chi connectivity index (χ1n) is 5.91. The molecule has 1 aromatic carbocycles. The Labute approximate surface area is 119 Å². The summed E-state index contributed by atoms with van der Waals surface area (Å²) in [5.74, 6) is 0.390. The molecule has 2 nitrogen and oxygen atoms in total. The van der Waals surface area contributed by atoms with Gasteiger partial charge in [0.05, 0.1) is 0 Å². The van der Waals surface area contributed by atoms with Gasteiger partial charge in [-0.2, -0.15) is 0 Å². The van der Waals surface area contributed by atoms with Crippen molar-refractivity contribution in [2.45, 2.75) is 12.8 Å². The molecule has 1 amide bonds. The molecule has 1 aromatic rings. The first-order valence-corrected chi connectivity index (χ1v) is 7.24. The number of hydrogen-bond donors (Lipinski definition) is 0. The van der Waals surface area contributed by atoms with Gasteiger partial charge in [0.15, 0.2) is 0 Å². The van der Waals surface area contributed by atoms with Crippen LogP contribution in [0.1, 0.15) is 23.2 Å². The summed E-state index contributed by atoms with van der Waals surface area (Å²) in [6.45, 7) is 1.39. The summed E-state index contributed by atoms with van der Waals surface area (Å²) in [5.41, 5.74) is 0.386. The fourth-order valence-electron chi connectivity index (χ4n) is 2.24. The minimum absolute atomic E-state index is 0.120. The van der Waals surface area contributed by atoms with E-state index in [1.54, 1.807) is 11.0 Å². The van der Waals surface area contributed by atoms with Crippen LogP contribution < -0.4 is 0 Å². The third-order valence-electron chi connectivity index (χ3n) is 3.13. The summed E-state index contributed by atoms with van der Waals surface area (Å²) in [7, 11) is 0. The first-order chi connectivity index (χ1) is 8.60. The van der Waals surface area contributed by atoms with Crippen LogP contribution in [0, 0.1) is 11.7 Å². The summed E-state index contributed by atoms with van der Waals surface area (Å²) in [6.07, 6.45) is 2.01. The summed E-state index contributed by atoms with van der Waals surface area (Å²) < 4.78 is 13.9. The Balaban J connectivity index is 2.15. The van der Waals surface area contributed by atoms with E-state index in [4.69, 9.17) is 11.6 Å². The van der Waals surface area contributed by atoms with Gasteiger partial charge >= 0.3 is 0 Å². The molecule has 1 aliphatic heterocycles. The molecule has 0 N–H and O–H groups in total. The zero-order valence-corrected chi connectivity index (χ0v) is 12.2. The van der Waals surface area contributed by atoms with E-state index in [0.29, 0.717) is 28.4 Å². The fraction of sp³-hybridized carbons (Fsp3) is 0.462. The molecule has 0 aromatic heterocycles. The number of halogens is 3. The number of piperidine rings is 1. The molecule has 1 unspecified atom stereocenters. The zero-order chi connectivity index (χ0) is 13.1. The topological polar surface area (TPSA) is 20.3 Å². The lowest BCUT2D eigenvalue weighted by atomic mass is 9.99. The van der Waals surface area contributed by atoms with Crippen molar-refractivity contribution in [1.82, 2.24) is 4.90 Å². The maximum Gasteiger partial charge on any atom is 0.254 e. The van der Waals surface area contributed by atoms with Crippen molar-refractivity contribution in [2.75, 3.05) is 19.0 Å². The largest absolute Gasteiger partial charge is 0.338 e. The van der Waals surface area contributed by atoms with E-state index >= 15 is 0 Å². The Kier molecular flexibility index (Phi) is 4.62. The van der Waals surface area contributed by atoms with Crippen LogP contribution in [0.3, 0.4) is 0 Å². The SMILES string of the molecule is O=C(c1cc(F)cc(Br)c1)N1CCCC(CCl)C1. The molecule has 5 heteroatoms. The highest BCUT2D eigenvalue weighted by atomic mass is 79.9. The van der Waals surface area contributed by atoms with Crippen molar-refractivity contribution >= 4 is 33.4 Å². The van der Waals surface area contributed by atoms with Gasteiger partial charge in [0.2, 0.25) is 0 Å². The van der Waals surface area contributed by atoms with Crippen LogP contribution in [-0.2, 0) is 0 Å². The van der Waals surface area contributed by atoms with Gasteiger partial charge in [-0.15, -0.1) is 11.6 Å². The monoisotopic (exact) mass is 333 g/mol. The van der Waals surface area contributed by atoms with Gasteiger partial charge in [-0.25, -0.2) is 4.39 Å². The minimum Gasteiger partial charge on any atom is -0.338 e. The number of rotatable bonds is 2. The number of amides is 1. The fourth-order valence-corrected chi connectivity index (χ4v) is 2.95. The molecular formula is C13H14BrClFNO. The van der Waals surface area contributed by atoms with Gasteiger partial charge in [0.25, 0.3) is 5.91 Å². The number of hydrogen-bond acceptors (Lipinski definition) is 1. The lowest BCUT2D eigenvalue weighted by molar-refractivity contribution is 0.0684. The second-order valence-corrected chi connectivity index (χ2v) is 5.80. The number of carbonyl (C=O) groups excluding carboxylic acids is 1. The number of nitrogens with zero attached hydrogens (tertiary/aromatic N) is 1. The molecule has 1 saturated heterocycles. The molecule has 1 heterocycles. The Morgan fingerprint density at radius 1 is 1.50 bits per heavy atom. The summed E-state index contributed by atoms with van der Waals surface area (Å²) >= 11 is 9.04. The molecular weight excluding hydrogens is 321 g/mol. The van der Waals surface area contributed by atoms with Gasteiger partial charge in [-0.3, -0.25) is 4.79 Å². The molecule has 0 aliphatic carbocycles. The quantitative estimate of drug-likeness (QED) is 0.756. The first kappa shape index (κ1) is 13.8. The highest BCUT2D eigenvalue weighted by molar-refractivity contribution is 9.10. The van der Waals surface area contributed by atoms with Crippen molar-refractivity contribution in [3.05, 3.63) is 34.1 Å². The normalized spacial score (nSPS) is 19.9. The standard InChI is InChI=1S/C13H14BrClFNO/c14-11-4-10(5-12(16)6-11)13(18)17-3-1-2-9(7-15)8-17/h4-6,9H,1-3,7-8H2. The number of benzene rings is 1. The molecule has 1 atom stereocenters. The molecule has 1 aliphatic rings. The van der Waals surface area contributed by atoms with Crippen LogP contribution in [0.15, 0.2) is 22.7 Å². The van der Waals surface area contributed by atoms with Gasteiger partial charge in [-0.05, 0) is 37.0 Å². The molecule has 0 spiro atoms. The van der Waals surface area contributed by atoms with E-state index in [1.165, 1.54) is 12.1 Å². The van der Waals surface area contributed by atoms with Crippen LogP contribution in [0.2, 0.25) is 0 Å². The molecule has 0 bridgehead atoms. The molecule has 98 valence electrons. The van der Waals surface area contributed by atoms with Crippen LogP contribution in [0.4, 0.5) is 4.39 Å². The van der Waals surface area contributed by atoms with Crippen molar-refractivity contribution < 1.29 is 9.18 Å². The lowest BCUT2D eigenvalue weighted by Gasteiger charge is -2.31. The maximum absolute atomic E-state index is 13.3. The Bertz CT molecular complexity index is 434. The summed E-state index contributed by atoms with van der Waals surface area (Å²) in [6, 6.07) is 4.27. The Hall–Kier alpha value is -0.610. The number of likely N-dealkylation sites (tertiary alicyclic amines) is 1. The van der Waals surface area contributed by atoms with Gasteiger partial charge < -0.3 is 4.90 Å². The maximum atomic E-state index is 13.3. The van der Waals surface area contributed by atoms with E-state index in [-0.39, 0.29) is 5.91 Å². The molecule has 0 saturated carbocycles. The second kappa shape index (κ2) is 6.02. The predicted molar refractivity (Wildman–Crippen MR) is 73.4 cm³/mol. The Morgan fingerprint density at radius 2 is 2.28 bits per heavy atom. The number of carbonyl (C=O) groups is 1. The van der Waals surface area contributed by atoms with E-state index in [1.807, 2.05) is 0 Å². The van der Waals surface area contributed by atoms with Gasteiger partial charge in [0.1, 0.15) is 5.82 Å². The van der Waals surface area contributed by atoms with Crippen LogP contribution in [-0.4, -0.2) is 29.8 Å². The lowest BCUT2D eigenvalue weighted by Crippen LogP contribution is -2.40. The van der Waals surface area contributed by atoms with E-state index in [2.05, 4.69) is 15.9 Å². The molecule has 0 radical (unpaired) electrons. The van der Waals surface area contributed by atoms with Gasteiger partial charge in [-0.1, -0.05) is 15.9 Å². The van der Waals surface area contributed by atoms with Crippen LogP contribution in [0.25, 0.3) is 0 Å². The third-order valence-corrected chi connectivity index (χ3v) is 4.03. The minimum atomic E-state index is -0.404. The molecule has 2 rings (SSSR count). The summed E-state index contributed by atoms with van der Waals surface area (Å²) in [5, 5.41) is 0. The molecule has 1 fully saturated rings. The average Bonchev–Trinajstić information content (AvgIpc) is 2.37. The Morgan fingerprint density at radius 3 is 2.94 bits per heavy atom. The highest BCUT2D eigenvalue weighted by Gasteiger charge is 2.24. The van der Waals surface area contributed by atoms with Gasteiger partial charge in [0, 0.05) is 29.0 Å². The smallest absolute Gasteiger partial charge is 0.254 e. The molecule has 18 heavy (non-hydrogen) atoms. The van der Waals surface area contributed by atoms with Crippen LogP contribution in [0.5, 0.6) is 0 Å². The predicted octanol–water partition coefficient (Wildman–Crippen LogP) is 3.68. The number of alkyl halides is 1. The second-order valence-electron chi connectivity index (χ2n) is 4.57. The highest BCUT2D eigenvalue weighted by Crippen LogP contribution is 2.21. The zero-order valence-electron chi connectivity index (χ0n) is 9.83. The van der Waals surface area contributed by atoms with Crippen molar-refractivity contribution in [3.8, 4) is 0 Å². The summed E-state index contributed by atoms with van der Waals surface area (Å²) in [4.78, 5) is 14.0. The van der Waals surface area contributed by atoms with Crippen LogP contribution >= 0.6 is 27.5 Å². The average molecular weight is 335 g/mol.